The minimum Gasteiger partial charge on any atom is -0.318 e. The van der Waals surface area contributed by atoms with Crippen LogP contribution >= 0.6 is 24.0 Å². The van der Waals surface area contributed by atoms with Gasteiger partial charge in [-0.3, -0.25) is 4.79 Å². The molecule has 0 aromatic carbocycles. The Morgan fingerprint density at radius 1 is 1.62 bits per heavy atom. The van der Waals surface area contributed by atoms with E-state index in [9.17, 15) is 4.79 Å². The van der Waals surface area contributed by atoms with Crippen molar-refractivity contribution in [3.05, 3.63) is 0 Å². The average Bonchev–Trinajstić information content (AvgIpc) is 2.21. The van der Waals surface area contributed by atoms with E-state index in [0.717, 1.165) is 12.8 Å². The Morgan fingerprint density at radius 2 is 2.00 bits per heavy atom. The van der Waals surface area contributed by atoms with Gasteiger partial charge in [-0.2, -0.15) is 0 Å². The fourth-order valence-electron chi connectivity index (χ4n) is 0.331. The largest absolute Gasteiger partial charge is 0.318 e. The first kappa shape index (κ1) is 8.21. The minimum atomic E-state index is -0.623. The fraction of sp³-hybridized carbons (Fsp3) is 0.750. The van der Waals surface area contributed by atoms with Gasteiger partial charge < -0.3 is 5.73 Å². The molecule has 0 spiro atoms. The molecule has 0 radical (unpaired) electrons. The fourth-order valence-corrected chi connectivity index (χ4v) is 0.520. The molecule has 1 aliphatic rings. The molecule has 48 valence electrons. The number of hydrogen-bond donors (Lipinski definition) is 1. The summed E-state index contributed by atoms with van der Waals surface area (Å²) in [7, 11) is 0. The van der Waals surface area contributed by atoms with Gasteiger partial charge in [0.25, 0.3) is 0 Å². The average molecular weight is 156 g/mol. The molecule has 0 amide bonds. The van der Waals surface area contributed by atoms with Crippen LogP contribution in [0.25, 0.3) is 0 Å². The summed E-state index contributed by atoms with van der Waals surface area (Å²) in [5, 5.41) is -0.396. The summed E-state index contributed by atoms with van der Waals surface area (Å²) in [5.74, 6) is 0. The summed E-state index contributed by atoms with van der Waals surface area (Å²) in [6.45, 7) is 0. The second kappa shape index (κ2) is 2.21. The summed E-state index contributed by atoms with van der Waals surface area (Å²) in [4.78, 5) is 10.2. The number of rotatable bonds is 1. The maximum Gasteiger partial charge on any atom is 0.241 e. The zero-order valence-electron chi connectivity index (χ0n) is 4.19. The van der Waals surface area contributed by atoms with Crippen LogP contribution in [-0.4, -0.2) is 10.8 Å². The first-order valence-corrected chi connectivity index (χ1v) is 2.52. The molecule has 0 saturated heterocycles. The molecule has 1 rings (SSSR count). The van der Waals surface area contributed by atoms with Crippen LogP contribution in [0, 0.1) is 0 Å². The molecule has 0 aromatic heterocycles. The summed E-state index contributed by atoms with van der Waals surface area (Å²) in [5.41, 5.74) is 4.68. The highest BCUT2D eigenvalue weighted by molar-refractivity contribution is 6.66. The third-order valence-corrected chi connectivity index (χ3v) is 1.56. The Kier molecular flexibility index (Phi) is 2.27. The van der Waals surface area contributed by atoms with E-state index >= 15 is 0 Å². The monoisotopic (exact) mass is 155 g/mol. The maximum atomic E-state index is 10.2. The SMILES string of the molecule is Cl.NC1(C(=O)Cl)CC1. The van der Waals surface area contributed by atoms with Gasteiger partial charge in [0, 0.05) is 0 Å². The van der Waals surface area contributed by atoms with Crippen molar-refractivity contribution in [3.63, 3.8) is 0 Å². The number of carbonyl (C=O) groups is 1. The Labute approximate surface area is 58.8 Å². The zero-order valence-corrected chi connectivity index (χ0v) is 5.76. The number of carbonyl (C=O) groups excluding carboxylic acids is 1. The molecule has 0 heterocycles. The van der Waals surface area contributed by atoms with E-state index < -0.39 is 10.8 Å². The van der Waals surface area contributed by atoms with Crippen LogP contribution in [0.15, 0.2) is 0 Å². The number of hydrogen-bond acceptors (Lipinski definition) is 2. The first-order valence-electron chi connectivity index (χ1n) is 2.14. The van der Waals surface area contributed by atoms with Crippen LogP contribution < -0.4 is 5.73 Å². The van der Waals surface area contributed by atoms with Crippen LogP contribution in [0.2, 0.25) is 0 Å². The molecule has 1 aliphatic carbocycles. The van der Waals surface area contributed by atoms with E-state index in [1.54, 1.807) is 0 Å². The van der Waals surface area contributed by atoms with Gasteiger partial charge in [-0.1, -0.05) is 0 Å². The lowest BCUT2D eigenvalue weighted by Gasteiger charge is -1.94. The highest BCUT2D eigenvalue weighted by Crippen LogP contribution is 2.33. The quantitative estimate of drug-likeness (QED) is 0.566. The van der Waals surface area contributed by atoms with E-state index in [0.29, 0.717) is 0 Å². The second-order valence-electron chi connectivity index (χ2n) is 1.93. The van der Waals surface area contributed by atoms with E-state index in [4.69, 9.17) is 17.3 Å². The van der Waals surface area contributed by atoms with Gasteiger partial charge in [0.05, 0.1) is 5.54 Å². The topological polar surface area (TPSA) is 43.1 Å². The lowest BCUT2D eigenvalue weighted by molar-refractivity contribution is -0.113. The first-order chi connectivity index (χ1) is 3.15. The van der Waals surface area contributed by atoms with Crippen molar-refractivity contribution in [2.75, 3.05) is 0 Å². The van der Waals surface area contributed by atoms with Crippen molar-refractivity contribution in [1.82, 2.24) is 0 Å². The minimum absolute atomic E-state index is 0. The Hall–Kier alpha value is 0.210. The van der Waals surface area contributed by atoms with Gasteiger partial charge in [0.1, 0.15) is 0 Å². The Bertz CT molecular complexity index is 111. The highest BCUT2D eigenvalue weighted by atomic mass is 35.5. The molecular formula is C4H7Cl2NO. The van der Waals surface area contributed by atoms with Crippen molar-refractivity contribution in [2.24, 2.45) is 5.73 Å². The summed E-state index contributed by atoms with van der Waals surface area (Å²) < 4.78 is 0. The van der Waals surface area contributed by atoms with Crippen LogP contribution in [0.5, 0.6) is 0 Å². The lowest BCUT2D eigenvalue weighted by atomic mass is 10.3. The number of nitrogens with two attached hydrogens (primary N) is 1. The molecule has 4 heteroatoms. The maximum absolute atomic E-state index is 10.2. The molecule has 2 nitrogen and oxygen atoms in total. The summed E-state index contributed by atoms with van der Waals surface area (Å²) in [6.07, 6.45) is 1.52. The van der Waals surface area contributed by atoms with Gasteiger partial charge in [0.2, 0.25) is 5.24 Å². The van der Waals surface area contributed by atoms with Crippen molar-refractivity contribution in [3.8, 4) is 0 Å². The molecule has 0 bridgehead atoms. The second-order valence-corrected chi connectivity index (χ2v) is 2.27. The Morgan fingerprint density at radius 3 is 2.00 bits per heavy atom. The van der Waals surface area contributed by atoms with Gasteiger partial charge >= 0.3 is 0 Å². The summed E-state index contributed by atoms with van der Waals surface area (Å²) >= 11 is 5.05. The van der Waals surface area contributed by atoms with E-state index in [2.05, 4.69) is 0 Å². The van der Waals surface area contributed by atoms with Gasteiger partial charge in [-0.25, -0.2) is 0 Å². The highest BCUT2D eigenvalue weighted by Gasteiger charge is 2.44. The molecular weight excluding hydrogens is 149 g/mol. The van der Waals surface area contributed by atoms with Crippen LogP contribution in [0.3, 0.4) is 0 Å². The molecule has 1 saturated carbocycles. The standard InChI is InChI=1S/C4H6ClNO.ClH/c5-3(7)4(6)1-2-4;/h1-2,6H2;1H. The predicted molar refractivity (Wildman–Crippen MR) is 34.3 cm³/mol. The number of halogens is 2. The predicted octanol–water partition coefficient (Wildman–Crippen LogP) is 0.665. The third-order valence-electron chi connectivity index (χ3n) is 1.18. The van der Waals surface area contributed by atoms with Crippen molar-refractivity contribution < 1.29 is 4.79 Å². The normalized spacial score (nSPS) is 21.2. The van der Waals surface area contributed by atoms with Crippen LogP contribution in [0.1, 0.15) is 12.8 Å². The lowest BCUT2D eigenvalue weighted by Crippen LogP contribution is -2.28. The van der Waals surface area contributed by atoms with E-state index in [1.165, 1.54) is 0 Å². The molecule has 0 aromatic rings. The molecule has 2 N–H and O–H groups in total. The van der Waals surface area contributed by atoms with Crippen LogP contribution in [-0.2, 0) is 4.79 Å². The zero-order chi connectivity index (χ0) is 5.49. The van der Waals surface area contributed by atoms with Crippen molar-refractivity contribution >= 4 is 29.3 Å². The van der Waals surface area contributed by atoms with Gasteiger partial charge in [-0.05, 0) is 24.4 Å². The van der Waals surface area contributed by atoms with E-state index in [-0.39, 0.29) is 12.4 Å². The molecule has 8 heavy (non-hydrogen) atoms. The Balaban J connectivity index is 0.000000490. The van der Waals surface area contributed by atoms with E-state index in [1.807, 2.05) is 0 Å². The third kappa shape index (κ3) is 1.34. The van der Waals surface area contributed by atoms with Gasteiger partial charge in [-0.15, -0.1) is 12.4 Å². The summed E-state index contributed by atoms with van der Waals surface area (Å²) in [6, 6.07) is 0. The smallest absolute Gasteiger partial charge is 0.241 e. The van der Waals surface area contributed by atoms with Crippen molar-refractivity contribution in [1.29, 1.82) is 0 Å². The molecule has 1 fully saturated rings. The molecule has 0 aliphatic heterocycles. The van der Waals surface area contributed by atoms with Crippen molar-refractivity contribution in [2.45, 2.75) is 18.4 Å². The van der Waals surface area contributed by atoms with Crippen LogP contribution in [0.4, 0.5) is 0 Å². The molecule has 0 atom stereocenters. The van der Waals surface area contributed by atoms with Gasteiger partial charge in [0.15, 0.2) is 0 Å². The molecule has 0 unspecified atom stereocenters.